The summed E-state index contributed by atoms with van der Waals surface area (Å²) >= 11 is 0. The summed E-state index contributed by atoms with van der Waals surface area (Å²) in [5.41, 5.74) is 1.32. The van der Waals surface area contributed by atoms with E-state index in [0.717, 1.165) is 57.9 Å². The number of rotatable bonds is 6. The highest BCUT2D eigenvalue weighted by Crippen LogP contribution is 2.17. The van der Waals surface area contributed by atoms with Gasteiger partial charge in [-0.2, -0.15) is 0 Å². The molecule has 2 aliphatic rings. The maximum absolute atomic E-state index is 12.6. The molecular formula is C22H29N3O2. The third-order valence-corrected chi connectivity index (χ3v) is 5.55. The van der Waals surface area contributed by atoms with Gasteiger partial charge in [0.2, 0.25) is 0 Å². The minimum atomic E-state index is -0.0887. The van der Waals surface area contributed by atoms with Gasteiger partial charge in [0.15, 0.2) is 5.76 Å². The summed E-state index contributed by atoms with van der Waals surface area (Å²) in [6, 6.07) is 14.5. The number of amides is 1. The molecule has 2 aliphatic heterocycles. The number of likely N-dealkylation sites (tertiary alicyclic amines) is 2. The van der Waals surface area contributed by atoms with Gasteiger partial charge in [0, 0.05) is 19.1 Å². The molecule has 1 aromatic heterocycles. The molecular weight excluding hydrogens is 338 g/mol. The molecule has 0 aliphatic carbocycles. The van der Waals surface area contributed by atoms with Crippen molar-refractivity contribution < 1.29 is 9.21 Å². The maximum Gasteiger partial charge on any atom is 0.287 e. The molecule has 3 heterocycles. The number of hydrogen-bond acceptors (Lipinski definition) is 4. The van der Waals surface area contributed by atoms with Gasteiger partial charge in [0.05, 0.1) is 6.54 Å². The Morgan fingerprint density at radius 1 is 0.963 bits per heavy atom. The minimum absolute atomic E-state index is 0.0887. The number of carbonyl (C=O) groups excluding carboxylic acids is 1. The van der Waals surface area contributed by atoms with Crippen LogP contribution in [0, 0.1) is 0 Å². The molecule has 1 aromatic carbocycles. The number of piperidine rings is 1. The van der Waals surface area contributed by atoms with Crippen LogP contribution in [0.1, 0.15) is 47.6 Å². The molecule has 4 rings (SSSR count). The fourth-order valence-electron chi connectivity index (χ4n) is 4.16. The van der Waals surface area contributed by atoms with E-state index in [2.05, 4.69) is 39.4 Å². The first-order valence-electron chi connectivity index (χ1n) is 10.1. The van der Waals surface area contributed by atoms with Crippen LogP contribution in [0.3, 0.4) is 0 Å². The fourth-order valence-corrected chi connectivity index (χ4v) is 4.16. The Bertz CT molecular complexity index is 737. The molecule has 0 saturated carbocycles. The zero-order valence-corrected chi connectivity index (χ0v) is 15.9. The Balaban J connectivity index is 1.29. The second-order valence-corrected chi connectivity index (χ2v) is 7.78. The predicted molar refractivity (Wildman–Crippen MR) is 105 cm³/mol. The molecule has 1 N–H and O–H groups in total. The highest BCUT2D eigenvalue weighted by atomic mass is 16.4. The fraction of sp³-hybridized carbons (Fsp3) is 0.500. The summed E-state index contributed by atoms with van der Waals surface area (Å²) in [7, 11) is 0. The molecule has 0 unspecified atom stereocenters. The Hall–Kier alpha value is -2.11. The Labute approximate surface area is 161 Å². The molecule has 0 spiro atoms. The number of nitrogens with zero attached hydrogens (tertiary/aromatic N) is 2. The first-order valence-corrected chi connectivity index (χ1v) is 10.1. The lowest BCUT2D eigenvalue weighted by atomic mass is 10.0. The first kappa shape index (κ1) is 18.3. The normalized spacial score (nSPS) is 21.4. The van der Waals surface area contributed by atoms with E-state index in [-0.39, 0.29) is 11.9 Å². The summed E-state index contributed by atoms with van der Waals surface area (Å²) in [5, 5.41) is 3.17. The van der Waals surface area contributed by atoms with Crippen LogP contribution in [-0.2, 0) is 13.1 Å². The van der Waals surface area contributed by atoms with Crippen molar-refractivity contribution in [3.05, 3.63) is 59.5 Å². The summed E-state index contributed by atoms with van der Waals surface area (Å²) < 4.78 is 5.80. The van der Waals surface area contributed by atoms with Gasteiger partial charge in [-0.15, -0.1) is 0 Å². The summed E-state index contributed by atoms with van der Waals surface area (Å²) in [6.45, 7) is 5.97. The van der Waals surface area contributed by atoms with Crippen LogP contribution in [-0.4, -0.2) is 47.9 Å². The molecule has 27 heavy (non-hydrogen) atoms. The number of benzene rings is 1. The molecule has 2 saturated heterocycles. The molecule has 5 nitrogen and oxygen atoms in total. The maximum atomic E-state index is 12.6. The van der Waals surface area contributed by atoms with Gasteiger partial charge in [-0.05, 0) is 63.0 Å². The molecule has 0 radical (unpaired) electrons. The van der Waals surface area contributed by atoms with E-state index >= 15 is 0 Å². The van der Waals surface area contributed by atoms with Crippen molar-refractivity contribution in [1.82, 2.24) is 15.1 Å². The van der Waals surface area contributed by atoms with E-state index in [0.29, 0.717) is 5.76 Å². The highest BCUT2D eigenvalue weighted by molar-refractivity contribution is 5.91. The molecule has 1 amide bonds. The Kier molecular flexibility index (Phi) is 5.90. The van der Waals surface area contributed by atoms with Crippen molar-refractivity contribution in [2.75, 3.05) is 26.2 Å². The molecule has 144 valence electrons. The van der Waals surface area contributed by atoms with Crippen molar-refractivity contribution in [1.29, 1.82) is 0 Å². The summed E-state index contributed by atoms with van der Waals surface area (Å²) in [5.74, 6) is 1.23. The number of furan rings is 1. The van der Waals surface area contributed by atoms with Crippen LogP contribution >= 0.6 is 0 Å². The quantitative estimate of drug-likeness (QED) is 0.851. The first-order chi connectivity index (χ1) is 13.3. The van der Waals surface area contributed by atoms with E-state index in [9.17, 15) is 4.79 Å². The zero-order valence-electron chi connectivity index (χ0n) is 15.9. The number of nitrogens with one attached hydrogen (secondary N) is 1. The smallest absolute Gasteiger partial charge is 0.287 e. The van der Waals surface area contributed by atoms with E-state index in [4.69, 9.17) is 4.42 Å². The van der Waals surface area contributed by atoms with Gasteiger partial charge < -0.3 is 9.73 Å². The van der Waals surface area contributed by atoms with Crippen LogP contribution < -0.4 is 5.32 Å². The van der Waals surface area contributed by atoms with Crippen molar-refractivity contribution in [2.24, 2.45) is 0 Å². The molecule has 2 aromatic rings. The topological polar surface area (TPSA) is 48.7 Å². The molecule has 0 bridgehead atoms. The SMILES string of the molecule is O=C(N[C@H]1CCCN(Cc2ccccc2)C1)c1ccc(CN2CCCC2)o1. The largest absolute Gasteiger partial charge is 0.455 e. The van der Waals surface area contributed by atoms with Crippen LogP contribution in [0.25, 0.3) is 0 Å². The van der Waals surface area contributed by atoms with E-state index < -0.39 is 0 Å². The third kappa shape index (κ3) is 4.99. The summed E-state index contributed by atoms with van der Waals surface area (Å²) in [4.78, 5) is 17.4. The lowest BCUT2D eigenvalue weighted by Crippen LogP contribution is -2.47. The number of carbonyl (C=O) groups is 1. The average Bonchev–Trinajstić information content (AvgIpc) is 3.35. The Morgan fingerprint density at radius 2 is 1.74 bits per heavy atom. The van der Waals surface area contributed by atoms with Crippen LogP contribution in [0.4, 0.5) is 0 Å². The summed E-state index contributed by atoms with van der Waals surface area (Å²) in [6.07, 6.45) is 4.65. The van der Waals surface area contributed by atoms with E-state index in [1.807, 2.05) is 18.2 Å². The van der Waals surface area contributed by atoms with Gasteiger partial charge in [0.25, 0.3) is 5.91 Å². The third-order valence-electron chi connectivity index (χ3n) is 5.55. The van der Waals surface area contributed by atoms with Gasteiger partial charge >= 0.3 is 0 Å². The predicted octanol–water partition coefficient (Wildman–Crippen LogP) is 3.27. The molecule has 5 heteroatoms. The average molecular weight is 367 g/mol. The van der Waals surface area contributed by atoms with E-state index in [1.165, 1.54) is 18.4 Å². The standard InChI is InChI=1S/C22H29N3O2/c26-22(21-11-10-20(27-21)17-24-12-4-5-13-24)23-19-9-6-14-25(16-19)15-18-7-2-1-3-8-18/h1-3,7-8,10-11,19H,4-6,9,12-17H2,(H,23,26)/t19-/m0/s1. The van der Waals surface area contributed by atoms with Crippen LogP contribution in [0.15, 0.2) is 46.9 Å². The van der Waals surface area contributed by atoms with Gasteiger partial charge in [-0.25, -0.2) is 0 Å². The Morgan fingerprint density at radius 3 is 2.56 bits per heavy atom. The monoisotopic (exact) mass is 367 g/mol. The second kappa shape index (κ2) is 8.72. The zero-order chi connectivity index (χ0) is 18.5. The van der Waals surface area contributed by atoms with Gasteiger partial charge in [0.1, 0.15) is 5.76 Å². The van der Waals surface area contributed by atoms with Crippen molar-refractivity contribution in [3.63, 3.8) is 0 Å². The van der Waals surface area contributed by atoms with Crippen molar-refractivity contribution in [3.8, 4) is 0 Å². The van der Waals surface area contributed by atoms with Crippen molar-refractivity contribution in [2.45, 2.75) is 44.8 Å². The molecule has 2 fully saturated rings. The van der Waals surface area contributed by atoms with Crippen molar-refractivity contribution >= 4 is 5.91 Å². The van der Waals surface area contributed by atoms with Gasteiger partial charge in [-0.1, -0.05) is 30.3 Å². The second-order valence-electron chi connectivity index (χ2n) is 7.78. The lowest BCUT2D eigenvalue weighted by molar-refractivity contribution is 0.0869. The number of hydrogen-bond donors (Lipinski definition) is 1. The minimum Gasteiger partial charge on any atom is -0.455 e. The van der Waals surface area contributed by atoms with Crippen LogP contribution in [0.2, 0.25) is 0 Å². The lowest BCUT2D eigenvalue weighted by Gasteiger charge is -2.33. The van der Waals surface area contributed by atoms with Gasteiger partial charge in [-0.3, -0.25) is 14.6 Å². The highest BCUT2D eigenvalue weighted by Gasteiger charge is 2.23. The van der Waals surface area contributed by atoms with Crippen LogP contribution in [0.5, 0.6) is 0 Å². The van der Waals surface area contributed by atoms with E-state index in [1.54, 1.807) is 0 Å². The molecule has 1 atom stereocenters.